The Kier molecular flexibility index (Phi) is 7.87. The summed E-state index contributed by atoms with van der Waals surface area (Å²) in [7, 11) is 0. The van der Waals surface area contributed by atoms with Gasteiger partial charge in [0.1, 0.15) is 0 Å². The van der Waals surface area contributed by atoms with Crippen molar-refractivity contribution in [2.75, 3.05) is 32.7 Å². The largest absolute Gasteiger partial charge is 0.317 e. The van der Waals surface area contributed by atoms with Crippen molar-refractivity contribution in [2.24, 2.45) is 11.8 Å². The van der Waals surface area contributed by atoms with Crippen LogP contribution in [-0.4, -0.2) is 37.6 Å². The molecular weight excluding hydrogens is 208 g/mol. The minimum absolute atomic E-state index is 0.910. The van der Waals surface area contributed by atoms with Crippen LogP contribution in [0.15, 0.2) is 0 Å². The third-order valence-electron chi connectivity index (χ3n) is 4.07. The molecule has 17 heavy (non-hydrogen) atoms. The van der Waals surface area contributed by atoms with Gasteiger partial charge in [0.15, 0.2) is 0 Å². The maximum atomic E-state index is 3.47. The molecule has 1 rings (SSSR count). The van der Waals surface area contributed by atoms with Crippen LogP contribution in [0, 0.1) is 11.8 Å². The molecule has 0 spiro atoms. The molecular formula is C15H32N2. The van der Waals surface area contributed by atoms with Crippen LogP contribution in [-0.2, 0) is 0 Å². The van der Waals surface area contributed by atoms with Gasteiger partial charge in [-0.1, -0.05) is 33.6 Å². The van der Waals surface area contributed by atoms with E-state index < -0.39 is 0 Å². The van der Waals surface area contributed by atoms with Crippen molar-refractivity contribution in [1.29, 1.82) is 0 Å². The molecule has 102 valence electrons. The van der Waals surface area contributed by atoms with E-state index in [0.29, 0.717) is 0 Å². The lowest BCUT2D eigenvalue weighted by Gasteiger charge is -2.14. The molecule has 1 N–H and O–H groups in total. The van der Waals surface area contributed by atoms with Gasteiger partial charge in [-0.15, -0.1) is 0 Å². The van der Waals surface area contributed by atoms with Crippen LogP contribution in [0.2, 0.25) is 0 Å². The first kappa shape index (κ1) is 15.0. The zero-order chi connectivity index (χ0) is 12.5. The molecule has 0 aliphatic carbocycles. The fraction of sp³-hybridized carbons (Fsp3) is 1.00. The van der Waals surface area contributed by atoms with Gasteiger partial charge in [0.2, 0.25) is 0 Å². The Bertz CT molecular complexity index is 172. The van der Waals surface area contributed by atoms with E-state index in [4.69, 9.17) is 0 Å². The lowest BCUT2D eigenvalue weighted by molar-refractivity contribution is 0.314. The van der Waals surface area contributed by atoms with Gasteiger partial charge in [0.05, 0.1) is 0 Å². The van der Waals surface area contributed by atoms with Crippen LogP contribution in [0.4, 0.5) is 0 Å². The Hall–Kier alpha value is -0.0800. The summed E-state index contributed by atoms with van der Waals surface area (Å²) in [5.41, 5.74) is 0. The summed E-state index contributed by atoms with van der Waals surface area (Å²) in [6, 6.07) is 0. The van der Waals surface area contributed by atoms with Crippen LogP contribution in [0.3, 0.4) is 0 Å². The second-order valence-electron chi connectivity index (χ2n) is 5.88. The monoisotopic (exact) mass is 240 g/mol. The lowest BCUT2D eigenvalue weighted by atomic mass is 10.0. The van der Waals surface area contributed by atoms with Crippen molar-refractivity contribution >= 4 is 0 Å². The van der Waals surface area contributed by atoms with Crippen molar-refractivity contribution in [3.05, 3.63) is 0 Å². The van der Waals surface area contributed by atoms with Crippen LogP contribution in [0.25, 0.3) is 0 Å². The Labute approximate surface area is 108 Å². The Balaban J connectivity index is 1.85. The average Bonchev–Trinajstić information content (AvgIpc) is 2.62. The topological polar surface area (TPSA) is 15.3 Å². The van der Waals surface area contributed by atoms with E-state index in [9.17, 15) is 0 Å². The first-order chi connectivity index (χ1) is 8.24. The number of unbranched alkanes of at least 4 members (excludes halogenated alkanes) is 3. The highest BCUT2D eigenvalue weighted by molar-refractivity contribution is 4.78. The molecule has 0 saturated carbocycles. The summed E-state index contributed by atoms with van der Waals surface area (Å²) in [6.45, 7) is 13.4. The second kappa shape index (κ2) is 8.93. The average molecular weight is 240 g/mol. The molecule has 0 aromatic rings. The Morgan fingerprint density at radius 2 is 1.59 bits per heavy atom. The maximum Gasteiger partial charge on any atom is 0.00102 e. The molecule has 1 aliphatic rings. The zero-order valence-corrected chi connectivity index (χ0v) is 12.2. The normalized spacial score (nSPS) is 25.6. The van der Waals surface area contributed by atoms with E-state index in [1.54, 1.807) is 0 Å². The summed E-state index contributed by atoms with van der Waals surface area (Å²) in [4.78, 5) is 2.66. The van der Waals surface area contributed by atoms with Crippen molar-refractivity contribution in [3.63, 3.8) is 0 Å². The smallest absolute Gasteiger partial charge is 0.00102 e. The van der Waals surface area contributed by atoms with Crippen molar-refractivity contribution in [2.45, 2.75) is 52.9 Å². The Morgan fingerprint density at radius 3 is 2.24 bits per heavy atom. The van der Waals surface area contributed by atoms with Gasteiger partial charge in [-0.05, 0) is 50.7 Å². The molecule has 0 amide bonds. The molecule has 0 bridgehead atoms. The molecule has 2 unspecified atom stereocenters. The van der Waals surface area contributed by atoms with E-state index >= 15 is 0 Å². The highest BCUT2D eigenvalue weighted by atomic mass is 15.1. The predicted octanol–water partition coefficient (Wildman–Crippen LogP) is 3.13. The molecule has 1 aliphatic heterocycles. The highest BCUT2D eigenvalue weighted by Gasteiger charge is 2.24. The molecule has 1 saturated heterocycles. The summed E-state index contributed by atoms with van der Waals surface area (Å²) in [6.07, 6.45) is 6.81. The number of hydrogen-bond donors (Lipinski definition) is 1. The van der Waals surface area contributed by atoms with Gasteiger partial charge in [0, 0.05) is 13.1 Å². The van der Waals surface area contributed by atoms with Gasteiger partial charge < -0.3 is 10.2 Å². The molecule has 1 fully saturated rings. The third kappa shape index (κ3) is 6.42. The summed E-state index contributed by atoms with van der Waals surface area (Å²) < 4.78 is 0. The van der Waals surface area contributed by atoms with Crippen molar-refractivity contribution < 1.29 is 0 Å². The number of hydrogen-bond acceptors (Lipinski definition) is 2. The Morgan fingerprint density at radius 1 is 0.941 bits per heavy atom. The fourth-order valence-electron chi connectivity index (χ4n) is 2.67. The molecule has 1 heterocycles. The molecule has 0 radical (unpaired) electrons. The molecule has 0 aromatic carbocycles. The van der Waals surface area contributed by atoms with Gasteiger partial charge in [0.25, 0.3) is 0 Å². The number of likely N-dealkylation sites (tertiary alicyclic amines) is 1. The van der Waals surface area contributed by atoms with Crippen molar-refractivity contribution in [1.82, 2.24) is 10.2 Å². The minimum Gasteiger partial charge on any atom is -0.317 e. The minimum atomic E-state index is 0.910. The third-order valence-corrected chi connectivity index (χ3v) is 4.07. The summed E-state index contributed by atoms with van der Waals surface area (Å²) >= 11 is 0. The molecule has 0 aromatic heterocycles. The predicted molar refractivity (Wildman–Crippen MR) is 76.4 cm³/mol. The van der Waals surface area contributed by atoms with E-state index in [0.717, 1.165) is 11.8 Å². The lowest BCUT2D eigenvalue weighted by Crippen LogP contribution is -2.22. The molecule has 2 heteroatoms. The van der Waals surface area contributed by atoms with E-state index in [1.165, 1.54) is 64.8 Å². The van der Waals surface area contributed by atoms with Crippen LogP contribution < -0.4 is 5.32 Å². The fourth-order valence-corrected chi connectivity index (χ4v) is 2.67. The second-order valence-corrected chi connectivity index (χ2v) is 5.88. The zero-order valence-electron chi connectivity index (χ0n) is 12.2. The van der Waals surface area contributed by atoms with Crippen molar-refractivity contribution in [3.8, 4) is 0 Å². The maximum absolute atomic E-state index is 3.47. The first-order valence-electron chi connectivity index (χ1n) is 7.67. The van der Waals surface area contributed by atoms with Gasteiger partial charge in [-0.25, -0.2) is 0 Å². The molecule has 2 nitrogen and oxygen atoms in total. The highest BCUT2D eigenvalue weighted by Crippen LogP contribution is 2.22. The van der Waals surface area contributed by atoms with E-state index in [2.05, 4.69) is 31.0 Å². The van der Waals surface area contributed by atoms with E-state index in [1.807, 2.05) is 0 Å². The van der Waals surface area contributed by atoms with Gasteiger partial charge >= 0.3 is 0 Å². The number of rotatable bonds is 9. The summed E-state index contributed by atoms with van der Waals surface area (Å²) in [5, 5.41) is 3.47. The SMILES string of the molecule is CCCNCCCCCCN1CC(C)C(C)C1. The standard InChI is InChI=1S/C15H32N2/c1-4-9-16-10-7-5-6-8-11-17-12-14(2)15(3)13-17/h14-16H,4-13H2,1-3H3. The first-order valence-corrected chi connectivity index (χ1v) is 7.67. The van der Waals surface area contributed by atoms with Crippen LogP contribution in [0.5, 0.6) is 0 Å². The number of nitrogens with zero attached hydrogens (tertiary/aromatic N) is 1. The van der Waals surface area contributed by atoms with Gasteiger partial charge in [-0.2, -0.15) is 0 Å². The van der Waals surface area contributed by atoms with Crippen LogP contribution in [0.1, 0.15) is 52.9 Å². The molecule has 2 atom stereocenters. The quantitative estimate of drug-likeness (QED) is 0.623. The van der Waals surface area contributed by atoms with Crippen LogP contribution >= 0.6 is 0 Å². The summed E-state index contributed by atoms with van der Waals surface area (Å²) in [5.74, 6) is 1.82. The van der Waals surface area contributed by atoms with Gasteiger partial charge in [-0.3, -0.25) is 0 Å². The van der Waals surface area contributed by atoms with E-state index in [-0.39, 0.29) is 0 Å². The number of nitrogens with one attached hydrogen (secondary N) is 1.